The van der Waals surface area contributed by atoms with Crippen LogP contribution in [0.1, 0.15) is 10.4 Å². The number of rotatable bonds is 6. The van der Waals surface area contributed by atoms with Crippen LogP contribution in [0.25, 0.3) is 11.1 Å². The van der Waals surface area contributed by atoms with Gasteiger partial charge in [-0.05, 0) is 41.5 Å². The Morgan fingerprint density at radius 1 is 0.938 bits per heavy atom. The lowest BCUT2D eigenvalue weighted by Gasteiger charge is -2.27. The summed E-state index contributed by atoms with van der Waals surface area (Å²) < 4.78 is 10.9. The highest BCUT2D eigenvalue weighted by Gasteiger charge is 2.19. The summed E-state index contributed by atoms with van der Waals surface area (Å²) >= 11 is 6.34. The number of amides is 2. The molecule has 1 N–H and O–H groups in total. The minimum atomic E-state index is -0.343. The molecule has 0 unspecified atom stereocenters. The quantitative estimate of drug-likeness (QED) is 0.600. The van der Waals surface area contributed by atoms with Crippen LogP contribution in [-0.4, -0.2) is 49.6 Å². The Bertz CT molecular complexity index is 1100. The fourth-order valence-corrected chi connectivity index (χ4v) is 3.68. The Morgan fingerprint density at radius 2 is 1.72 bits per heavy atom. The van der Waals surface area contributed by atoms with Crippen LogP contribution in [0.5, 0.6) is 5.75 Å². The van der Waals surface area contributed by atoms with Gasteiger partial charge in [-0.2, -0.15) is 0 Å². The van der Waals surface area contributed by atoms with E-state index >= 15 is 0 Å². The third-order valence-corrected chi connectivity index (χ3v) is 5.38. The molecule has 0 spiro atoms. The Kier molecular flexibility index (Phi) is 7.04. The molecule has 0 radical (unpaired) electrons. The van der Waals surface area contributed by atoms with Crippen LogP contribution in [-0.2, 0) is 9.53 Å². The van der Waals surface area contributed by atoms with E-state index in [1.165, 1.54) is 0 Å². The molecule has 164 valence electrons. The zero-order chi connectivity index (χ0) is 22.3. The maximum Gasteiger partial charge on any atom is 0.262 e. The number of hydrogen-bond donors (Lipinski definition) is 1. The fraction of sp³-hybridized carbons (Fsp3) is 0.200. The number of morpholine rings is 1. The van der Waals surface area contributed by atoms with Gasteiger partial charge in [0.15, 0.2) is 6.61 Å². The molecule has 1 aliphatic rings. The number of nitrogens with zero attached hydrogens (tertiary/aromatic N) is 1. The number of hydrogen-bond acceptors (Lipinski definition) is 4. The van der Waals surface area contributed by atoms with Crippen molar-refractivity contribution in [2.24, 2.45) is 0 Å². The molecule has 6 nitrogen and oxygen atoms in total. The van der Waals surface area contributed by atoms with Gasteiger partial charge >= 0.3 is 0 Å². The first-order valence-electron chi connectivity index (χ1n) is 10.3. The smallest absolute Gasteiger partial charge is 0.262 e. The number of halogens is 1. The van der Waals surface area contributed by atoms with Gasteiger partial charge in [0.05, 0.1) is 18.2 Å². The summed E-state index contributed by atoms with van der Waals surface area (Å²) in [6.45, 7) is 2.00. The summed E-state index contributed by atoms with van der Waals surface area (Å²) in [5, 5.41) is 3.19. The zero-order valence-electron chi connectivity index (χ0n) is 17.4. The predicted molar refractivity (Wildman–Crippen MR) is 124 cm³/mol. The van der Waals surface area contributed by atoms with E-state index in [1.807, 2.05) is 42.5 Å². The molecular formula is C25H23ClN2O4. The largest absolute Gasteiger partial charge is 0.482 e. The lowest BCUT2D eigenvalue weighted by atomic mass is 10.1. The first-order valence-corrected chi connectivity index (χ1v) is 10.7. The molecule has 1 heterocycles. The average Bonchev–Trinajstić information content (AvgIpc) is 2.84. The van der Waals surface area contributed by atoms with Crippen LogP contribution >= 0.6 is 11.6 Å². The highest BCUT2D eigenvalue weighted by atomic mass is 35.5. The second-order valence-corrected chi connectivity index (χ2v) is 7.74. The van der Waals surface area contributed by atoms with Crippen molar-refractivity contribution in [1.29, 1.82) is 0 Å². The SMILES string of the molecule is O=C(COc1ccc(-c2ccccc2)cc1Cl)Nc1cccc(C(=O)N2CCOCC2)c1. The van der Waals surface area contributed by atoms with Crippen molar-refractivity contribution in [3.63, 3.8) is 0 Å². The van der Waals surface area contributed by atoms with Crippen LogP contribution in [0.15, 0.2) is 72.8 Å². The predicted octanol–water partition coefficient (Wildman–Crippen LogP) is 4.50. The molecule has 0 atom stereocenters. The highest BCUT2D eigenvalue weighted by Crippen LogP contribution is 2.30. The molecule has 2 amide bonds. The van der Waals surface area contributed by atoms with Gasteiger partial charge < -0.3 is 19.7 Å². The normalized spacial score (nSPS) is 13.5. The summed E-state index contributed by atoms with van der Waals surface area (Å²) in [5.41, 5.74) is 3.06. The lowest BCUT2D eigenvalue weighted by Crippen LogP contribution is -2.40. The molecule has 0 bridgehead atoms. The standard InChI is InChI=1S/C25H23ClN2O4/c26-22-16-19(18-5-2-1-3-6-18)9-10-23(22)32-17-24(29)27-21-8-4-7-20(15-21)25(30)28-11-13-31-14-12-28/h1-10,15-16H,11-14,17H2,(H,27,29). The molecule has 0 aromatic heterocycles. The molecule has 3 aromatic carbocycles. The molecule has 32 heavy (non-hydrogen) atoms. The summed E-state index contributed by atoms with van der Waals surface area (Å²) in [6.07, 6.45) is 0. The van der Waals surface area contributed by atoms with E-state index in [0.29, 0.717) is 48.3 Å². The van der Waals surface area contributed by atoms with Crippen molar-refractivity contribution in [3.8, 4) is 16.9 Å². The van der Waals surface area contributed by atoms with E-state index in [-0.39, 0.29) is 18.4 Å². The molecule has 1 fully saturated rings. The van der Waals surface area contributed by atoms with E-state index in [0.717, 1.165) is 11.1 Å². The van der Waals surface area contributed by atoms with Gasteiger partial charge in [-0.1, -0.05) is 54.1 Å². The monoisotopic (exact) mass is 450 g/mol. The topological polar surface area (TPSA) is 67.9 Å². The van der Waals surface area contributed by atoms with Crippen LogP contribution < -0.4 is 10.1 Å². The Labute approximate surface area is 191 Å². The summed E-state index contributed by atoms with van der Waals surface area (Å²) in [6, 6.07) is 22.2. The first-order chi connectivity index (χ1) is 15.6. The number of nitrogens with one attached hydrogen (secondary N) is 1. The van der Waals surface area contributed by atoms with Gasteiger partial charge in [0, 0.05) is 24.3 Å². The van der Waals surface area contributed by atoms with E-state index in [2.05, 4.69) is 5.32 Å². The molecule has 1 aliphatic heterocycles. The third kappa shape index (κ3) is 5.46. The van der Waals surface area contributed by atoms with Crippen LogP contribution in [0.2, 0.25) is 5.02 Å². The number of carbonyl (C=O) groups is 2. The molecule has 0 saturated carbocycles. The third-order valence-electron chi connectivity index (χ3n) is 5.09. The van der Waals surface area contributed by atoms with Gasteiger partial charge in [0.25, 0.3) is 11.8 Å². The lowest BCUT2D eigenvalue weighted by molar-refractivity contribution is -0.118. The van der Waals surface area contributed by atoms with Crippen molar-refractivity contribution in [3.05, 3.63) is 83.4 Å². The second kappa shape index (κ2) is 10.3. The van der Waals surface area contributed by atoms with Crippen LogP contribution in [0.4, 0.5) is 5.69 Å². The van der Waals surface area contributed by atoms with Crippen molar-refractivity contribution >= 4 is 29.1 Å². The van der Waals surface area contributed by atoms with E-state index < -0.39 is 0 Å². The molecule has 4 rings (SSSR count). The Morgan fingerprint density at radius 3 is 2.47 bits per heavy atom. The molecule has 7 heteroatoms. The van der Waals surface area contributed by atoms with Crippen molar-refractivity contribution in [2.75, 3.05) is 38.2 Å². The van der Waals surface area contributed by atoms with Crippen LogP contribution in [0, 0.1) is 0 Å². The van der Waals surface area contributed by atoms with Gasteiger partial charge in [0.1, 0.15) is 5.75 Å². The fourth-order valence-electron chi connectivity index (χ4n) is 3.45. The summed E-state index contributed by atoms with van der Waals surface area (Å²) in [5.74, 6) is 0.00727. The van der Waals surface area contributed by atoms with Gasteiger partial charge in [-0.25, -0.2) is 0 Å². The summed E-state index contributed by atoms with van der Waals surface area (Å²) in [7, 11) is 0. The number of carbonyl (C=O) groups excluding carboxylic acids is 2. The van der Waals surface area contributed by atoms with Crippen molar-refractivity contribution in [1.82, 2.24) is 4.90 Å². The number of anilines is 1. The zero-order valence-corrected chi connectivity index (χ0v) is 18.2. The number of benzene rings is 3. The van der Waals surface area contributed by atoms with Crippen molar-refractivity contribution < 1.29 is 19.1 Å². The van der Waals surface area contributed by atoms with Gasteiger partial charge in [0.2, 0.25) is 0 Å². The molecule has 3 aromatic rings. The molecule has 0 aliphatic carbocycles. The van der Waals surface area contributed by atoms with E-state index in [9.17, 15) is 9.59 Å². The number of ether oxygens (including phenoxy) is 2. The highest BCUT2D eigenvalue weighted by molar-refractivity contribution is 6.32. The average molecular weight is 451 g/mol. The Hall–Kier alpha value is -3.35. The Balaban J connectivity index is 1.35. The second-order valence-electron chi connectivity index (χ2n) is 7.33. The maximum absolute atomic E-state index is 12.6. The summed E-state index contributed by atoms with van der Waals surface area (Å²) in [4.78, 5) is 26.8. The van der Waals surface area contributed by atoms with Crippen molar-refractivity contribution in [2.45, 2.75) is 0 Å². The minimum Gasteiger partial charge on any atom is -0.482 e. The minimum absolute atomic E-state index is 0.0778. The molecule has 1 saturated heterocycles. The molecular weight excluding hydrogens is 428 g/mol. The van der Waals surface area contributed by atoms with Gasteiger partial charge in [-0.15, -0.1) is 0 Å². The maximum atomic E-state index is 12.6. The van der Waals surface area contributed by atoms with Gasteiger partial charge in [-0.3, -0.25) is 9.59 Å². The van der Waals surface area contributed by atoms with E-state index in [4.69, 9.17) is 21.1 Å². The van der Waals surface area contributed by atoms with Crippen LogP contribution in [0.3, 0.4) is 0 Å². The first kappa shape index (κ1) is 21.9. The van der Waals surface area contributed by atoms with E-state index in [1.54, 1.807) is 35.2 Å².